The molecule has 1 aromatic rings. The van der Waals surface area contributed by atoms with Crippen molar-refractivity contribution in [3.63, 3.8) is 0 Å². The predicted octanol–water partition coefficient (Wildman–Crippen LogP) is 1.84. The first-order valence-corrected chi connectivity index (χ1v) is 4.15. The second kappa shape index (κ2) is 3.95. The highest BCUT2D eigenvalue weighted by atomic mass is 19.4. The van der Waals surface area contributed by atoms with Crippen LogP contribution in [0.5, 0.6) is 0 Å². The molecule has 0 spiro atoms. The molecule has 0 bridgehead atoms. The largest absolute Gasteiger partial charge is 0.421 e. The quantitative estimate of drug-likeness (QED) is 0.795. The molecule has 0 amide bonds. The number of nitroso groups, excluding NO2 is 1. The molecule has 0 radical (unpaired) electrons. The van der Waals surface area contributed by atoms with Gasteiger partial charge in [0.1, 0.15) is 17.1 Å². The lowest BCUT2D eigenvalue weighted by molar-refractivity contribution is -0.138. The molecule has 0 saturated carbocycles. The Balaban J connectivity index is 3.64. The number of nitrogens with zero attached hydrogens (tertiary/aromatic N) is 2. The Bertz CT molecular complexity index is 479. The molecule has 1 N–H and O–H groups in total. The number of hydrogen-bond donors (Lipinski definition) is 1. The molecule has 0 unspecified atom stereocenters. The number of alkyl halides is 3. The Morgan fingerprint density at radius 3 is 2.38 bits per heavy atom. The van der Waals surface area contributed by atoms with Crippen molar-refractivity contribution >= 4 is 11.5 Å². The first-order valence-electron chi connectivity index (χ1n) is 4.15. The summed E-state index contributed by atoms with van der Waals surface area (Å²) in [5, 5.41) is 4.88. The number of anilines is 1. The van der Waals surface area contributed by atoms with Crippen molar-refractivity contribution in [2.45, 2.75) is 6.18 Å². The van der Waals surface area contributed by atoms with Crippen molar-refractivity contribution in [1.29, 1.82) is 0 Å². The van der Waals surface area contributed by atoms with Crippen LogP contribution in [0.15, 0.2) is 16.0 Å². The van der Waals surface area contributed by atoms with Crippen molar-refractivity contribution in [1.82, 2.24) is 4.57 Å². The molecule has 0 aliphatic heterocycles. The van der Waals surface area contributed by atoms with Gasteiger partial charge in [0, 0.05) is 14.1 Å². The third-order valence-corrected chi connectivity index (χ3v) is 2.03. The van der Waals surface area contributed by atoms with Crippen LogP contribution in [0.25, 0.3) is 0 Å². The van der Waals surface area contributed by atoms with E-state index in [0.29, 0.717) is 10.6 Å². The first-order chi connectivity index (χ1) is 7.32. The zero-order valence-corrected chi connectivity index (χ0v) is 8.42. The molecular formula is C8H8F3N3O2. The van der Waals surface area contributed by atoms with E-state index in [4.69, 9.17) is 0 Å². The van der Waals surface area contributed by atoms with Crippen LogP contribution in [-0.4, -0.2) is 11.6 Å². The van der Waals surface area contributed by atoms with Gasteiger partial charge in [-0.15, -0.1) is 4.91 Å². The highest BCUT2D eigenvalue weighted by Gasteiger charge is 2.35. The van der Waals surface area contributed by atoms with Gasteiger partial charge in [-0.2, -0.15) is 13.2 Å². The van der Waals surface area contributed by atoms with E-state index in [2.05, 4.69) is 10.5 Å². The lowest BCUT2D eigenvalue weighted by Gasteiger charge is -2.13. The van der Waals surface area contributed by atoms with Crippen LogP contribution >= 0.6 is 0 Å². The van der Waals surface area contributed by atoms with Gasteiger partial charge in [-0.1, -0.05) is 0 Å². The van der Waals surface area contributed by atoms with Crippen LogP contribution in [0.4, 0.5) is 24.7 Å². The molecule has 16 heavy (non-hydrogen) atoms. The molecule has 5 nitrogen and oxygen atoms in total. The molecule has 1 rings (SSSR count). The summed E-state index contributed by atoms with van der Waals surface area (Å²) in [5.41, 5.74) is -3.11. The average Bonchev–Trinajstić information content (AvgIpc) is 2.19. The van der Waals surface area contributed by atoms with Crippen molar-refractivity contribution in [2.24, 2.45) is 12.2 Å². The Kier molecular flexibility index (Phi) is 3.02. The van der Waals surface area contributed by atoms with Gasteiger partial charge in [-0.3, -0.25) is 9.36 Å². The van der Waals surface area contributed by atoms with Gasteiger partial charge in [-0.05, 0) is 11.2 Å². The fourth-order valence-electron chi connectivity index (χ4n) is 1.29. The van der Waals surface area contributed by atoms with E-state index in [9.17, 15) is 22.9 Å². The topological polar surface area (TPSA) is 63.5 Å². The third-order valence-electron chi connectivity index (χ3n) is 2.03. The third kappa shape index (κ3) is 1.90. The van der Waals surface area contributed by atoms with E-state index in [1.165, 1.54) is 7.05 Å². The standard InChI is InChI=1S/C8H8F3N3O2/c1-12-6-5(13-16)3-4(8(9,10)11)7(15)14(6)2/h3,12H,1-2H3. The average molecular weight is 235 g/mol. The number of aromatic nitrogens is 1. The lowest BCUT2D eigenvalue weighted by atomic mass is 10.2. The van der Waals surface area contributed by atoms with Gasteiger partial charge < -0.3 is 5.32 Å². The van der Waals surface area contributed by atoms with E-state index < -0.39 is 23.0 Å². The summed E-state index contributed by atoms with van der Waals surface area (Å²) in [6, 6.07) is 0.432. The summed E-state index contributed by atoms with van der Waals surface area (Å²) in [6.07, 6.45) is -4.81. The number of nitrogens with one attached hydrogen (secondary N) is 1. The summed E-state index contributed by atoms with van der Waals surface area (Å²) >= 11 is 0. The number of rotatable bonds is 2. The minimum Gasteiger partial charge on any atom is -0.373 e. The molecule has 1 aromatic heterocycles. The predicted molar refractivity (Wildman–Crippen MR) is 51.7 cm³/mol. The van der Waals surface area contributed by atoms with E-state index in [1.54, 1.807) is 0 Å². The number of halogens is 3. The Morgan fingerprint density at radius 2 is 2.00 bits per heavy atom. The van der Waals surface area contributed by atoms with Crippen molar-refractivity contribution < 1.29 is 13.2 Å². The fraction of sp³-hybridized carbons (Fsp3) is 0.375. The van der Waals surface area contributed by atoms with E-state index in [-0.39, 0.29) is 5.82 Å². The maximum absolute atomic E-state index is 12.4. The molecule has 8 heteroatoms. The SMILES string of the molecule is CNc1c(N=O)cc(C(F)(F)F)c(=O)n1C. The second-order valence-corrected chi connectivity index (χ2v) is 3.00. The fourth-order valence-corrected chi connectivity index (χ4v) is 1.29. The van der Waals surface area contributed by atoms with Gasteiger partial charge >= 0.3 is 6.18 Å². The number of hydrogen-bond acceptors (Lipinski definition) is 4. The Hall–Kier alpha value is -1.86. The zero-order valence-electron chi connectivity index (χ0n) is 8.42. The van der Waals surface area contributed by atoms with Crippen LogP contribution in [0, 0.1) is 4.91 Å². The molecule has 0 aliphatic carbocycles. The lowest BCUT2D eigenvalue weighted by Crippen LogP contribution is -2.28. The second-order valence-electron chi connectivity index (χ2n) is 3.00. The van der Waals surface area contributed by atoms with E-state index in [1.807, 2.05) is 0 Å². The first kappa shape index (κ1) is 12.2. The molecule has 1 heterocycles. The smallest absolute Gasteiger partial charge is 0.373 e. The van der Waals surface area contributed by atoms with E-state index >= 15 is 0 Å². The van der Waals surface area contributed by atoms with Crippen LogP contribution in [0.2, 0.25) is 0 Å². The molecule has 88 valence electrons. The Labute approximate surface area is 87.9 Å². The summed E-state index contributed by atoms with van der Waals surface area (Å²) in [6.45, 7) is 0. The van der Waals surface area contributed by atoms with Crippen molar-refractivity contribution in [3.8, 4) is 0 Å². The highest BCUT2D eigenvalue weighted by molar-refractivity contribution is 5.61. The Morgan fingerprint density at radius 1 is 1.44 bits per heavy atom. The van der Waals surface area contributed by atoms with Crippen molar-refractivity contribution in [3.05, 3.63) is 26.9 Å². The monoisotopic (exact) mass is 235 g/mol. The molecule has 0 aromatic carbocycles. The minimum absolute atomic E-state index is 0.0620. The summed E-state index contributed by atoms with van der Waals surface area (Å²) in [7, 11) is 2.49. The van der Waals surface area contributed by atoms with Crippen molar-refractivity contribution in [2.75, 3.05) is 12.4 Å². The van der Waals surface area contributed by atoms with Crippen LogP contribution in [-0.2, 0) is 13.2 Å². The summed E-state index contributed by atoms with van der Waals surface area (Å²) in [5.74, 6) is -0.0620. The maximum Gasteiger partial charge on any atom is 0.421 e. The van der Waals surface area contributed by atoms with Gasteiger partial charge in [0.2, 0.25) is 0 Å². The normalized spacial score (nSPS) is 11.3. The van der Waals surface area contributed by atoms with Crippen LogP contribution in [0.1, 0.15) is 5.56 Å². The zero-order chi connectivity index (χ0) is 12.5. The van der Waals surface area contributed by atoms with Crippen LogP contribution < -0.4 is 10.9 Å². The van der Waals surface area contributed by atoms with E-state index in [0.717, 1.165) is 7.05 Å². The maximum atomic E-state index is 12.4. The van der Waals surface area contributed by atoms with Crippen LogP contribution in [0.3, 0.4) is 0 Å². The van der Waals surface area contributed by atoms with Gasteiger partial charge in [0.15, 0.2) is 0 Å². The van der Waals surface area contributed by atoms with Gasteiger partial charge in [0.25, 0.3) is 5.56 Å². The molecule has 0 fully saturated rings. The molecule has 0 atom stereocenters. The highest BCUT2D eigenvalue weighted by Crippen LogP contribution is 2.31. The van der Waals surface area contributed by atoms with Gasteiger partial charge in [-0.25, -0.2) is 0 Å². The summed E-state index contributed by atoms with van der Waals surface area (Å²) < 4.78 is 37.9. The molecule has 0 saturated heterocycles. The van der Waals surface area contributed by atoms with Gasteiger partial charge in [0.05, 0.1) is 0 Å². The molecular weight excluding hydrogens is 227 g/mol. The number of pyridine rings is 1. The summed E-state index contributed by atoms with van der Waals surface area (Å²) in [4.78, 5) is 21.7. The molecule has 0 aliphatic rings. The minimum atomic E-state index is -4.81.